The standard InChI is InChI=1S/C16H22N4O2/c1-12-3-4-16(18-17-12)21-11-14-5-7-20(8-6-14)10-15-9-13(2)22-19-15/h3-4,9,14H,5-8,10-11H2,1-2H3. The van der Waals surface area contributed by atoms with Crippen molar-refractivity contribution in [2.45, 2.75) is 33.2 Å². The minimum Gasteiger partial charge on any atom is -0.476 e. The molecule has 6 heteroatoms. The molecule has 2 aromatic rings. The van der Waals surface area contributed by atoms with E-state index in [1.54, 1.807) is 0 Å². The lowest BCUT2D eigenvalue weighted by atomic mass is 9.98. The molecule has 118 valence electrons. The third kappa shape index (κ3) is 4.04. The van der Waals surface area contributed by atoms with Crippen molar-refractivity contribution in [2.24, 2.45) is 5.92 Å². The van der Waals surface area contributed by atoms with E-state index < -0.39 is 0 Å². The number of aryl methyl sites for hydroxylation is 2. The van der Waals surface area contributed by atoms with Crippen LogP contribution in [0.25, 0.3) is 0 Å². The fraction of sp³-hybridized carbons (Fsp3) is 0.562. The van der Waals surface area contributed by atoms with Crippen molar-refractivity contribution < 1.29 is 9.26 Å². The quantitative estimate of drug-likeness (QED) is 0.845. The normalized spacial score (nSPS) is 16.8. The smallest absolute Gasteiger partial charge is 0.233 e. The summed E-state index contributed by atoms with van der Waals surface area (Å²) in [5.74, 6) is 2.07. The summed E-state index contributed by atoms with van der Waals surface area (Å²) in [5, 5.41) is 12.1. The molecule has 3 heterocycles. The Morgan fingerprint density at radius 2 is 2.05 bits per heavy atom. The zero-order valence-corrected chi connectivity index (χ0v) is 13.2. The first kappa shape index (κ1) is 15.0. The van der Waals surface area contributed by atoms with Crippen LogP contribution in [-0.2, 0) is 6.54 Å². The summed E-state index contributed by atoms with van der Waals surface area (Å²) in [7, 11) is 0. The topological polar surface area (TPSA) is 64.3 Å². The van der Waals surface area contributed by atoms with Crippen LogP contribution < -0.4 is 4.74 Å². The van der Waals surface area contributed by atoms with Gasteiger partial charge in [0.1, 0.15) is 5.76 Å². The van der Waals surface area contributed by atoms with Crippen LogP contribution >= 0.6 is 0 Å². The van der Waals surface area contributed by atoms with Gasteiger partial charge in [-0.1, -0.05) is 5.16 Å². The number of nitrogens with zero attached hydrogens (tertiary/aromatic N) is 4. The molecule has 0 bridgehead atoms. The van der Waals surface area contributed by atoms with E-state index in [0.717, 1.165) is 49.6 Å². The van der Waals surface area contributed by atoms with Crippen LogP contribution in [0.1, 0.15) is 30.0 Å². The summed E-state index contributed by atoms with van der Waals surface area (Å²) in [6.45, 7) is 7.57. The van der Waals surface area contributed by atoms with Crippen LogP contribution in [-0.4, -0.2) is 40.0 Å². The predicted octanol–water partition coefficient (Wildman–Crippen LogP) is 2.37. The highest BCUT2D eigenvalue weighted by Crippen LogP contribution is 2.20. The van der Waals surface area contributed by atoms with E-state index in [2.05, 4.69) is 20.3 Å². The lowest BCUT2D eigenvalue weighted by Gasteiger charge is -2.31. The molecule has 0 unspecified atom stereocenters. The Balaban J connectivity index is 1.41. The molecule has 6 nitrogen and oxygen atoms in total. The molecular weight excluding hydrogens is 280 g/mol. The fourth-order valence-electron chi connectivity index (χ4n) is 2.70. The van der Waals surface area contributed by atoms with Gasteiger partial charge in [0.15, 0.2) is 0 Å². The van der Waals surface area contributed by atoms with E-state index in [-0.39, 0.29) is 0 Å². The van der Waals surface area contributed by atoms with Gasteiger partial charge >= 0.3 is 0 Å². The van der Waals surface area contributed by atoms with Gasteiger partial charge in [-0.3, -0.25) is 4.90 Å². The number of piperidine rings is 1. The zero-order chi connectivity index (χ0) is 15.4. The fourth-order valence-corrected chi connectivity index (χ4v) is 2.70. The molecule has 22 heavy (non-hydrogen) atoms. The Hall–Kier alpha value is -1.95. The van der Waals surface area contributed by atoms with Crippen molar-refractivity contribution in [3.8, 4) is 5.88 Å². The van der Waals surface area contributed by atoms with E-state index >= 15 is 0 Å². The second-order valence-corrected chi connectivity index (χ2v) is 5.97. The molecule has 3 rings (SSSR count). The maximum Gasteiger partial charge on any atom is 0.233 e. The van der Waals surface area contributed by atoms with Crippen molar-refractivity contribution in [2.75, 3.05) is 19.7 Å². The summed E-state index contributed by atoms with van der Waals surface area (Å²) in [5.41, 5.74) is 1.92. The molecule has 1 aliphatic heterocycles. The Kier molecular flexibility index (Phi) is 4.68. The number of rotatable bonds is 5. The van der Waals surface area contributed by atoms with Gasteiger partial charge in [-0.2, -0.15) is 5.10 Å². The van der Waals surface area contributed by atoms with Crippen molar-refractivity contribution in [3.05, 3.63) is 35.3 Å². The molecule has 0 atom stereocenters. The summed E-state index contributed by atoms with van der Waals surface area (Å²) in [6.07, 6.45) is 2.27. The van der Waals surface area contributed by atoms with Crippen LogP contribution in [0.15, 0.2) is 22.7 Å². The first-order chi connectivity index (χ1) is 10.7. The highest BCUT2D eigenvalue weighted by Gasteiger charge is 2.20. The molecule has 0 radical (unpaired) electrons. The number of aromatic nitrogens is 3. The third-order valence-electron chi connectivity index (χ3n) is 4.01. The Bertz CT molecular complexity index is 588. The monoisotopic (exact) mass is 302 g/mol. The lowest BCUT2D eigenvalue weighted by Crippen LogP contribution is -2.35. The minimum absolute atomic E-state index is 0.582. The third-order valence-corrected chi connectivity index (χ3v) is 4.01. The molecule has 0 aromatic carbocycles. The lowest BCUT2D eigenvalue weighted by molar-refractivity contribution is 0.132. The zero-order valence-electron chi connectivity index (χ0n) is 13.2. The van der Waals surface area contributed by atoms with E-state index in [4.69, 9.17) is 9.26 Å². The number of ether oxygens (including phenoxy) is 1. The van der Waals surface area contributed by atoms with Crippen molar-refractivity contribution in [3.63, 3.8) is 0 Å². The molecule has 2 aromatic heterocycles. The maximum atomic E-state index is 5.74. The molecule has 1 fully saturated rings. The van der Waals surface area contributed by atoms with Gasteiger partial charge in [0, 0.05) is 18.7 Å². The van der Waals surface area contributed by atoms with Gasteiger partial charge < -0.3 is 9.26 Å². The molecule has 0 N–H and O–H groups in total. The van der Waals surface area contributed by atoms with Crippen LogP contribution in [0, 0.1) is 19.8 Å². The number of hydrogen-bond donors (Lipinski definition) is 0. The molecule has 0 spiro atoms. The molecular formula is C16H22N4O2. The Morgan fingerprint density at radius 1 is 1.23 bits per heavy atom. The van der Waals surface area contributed by atoms with Gasteiger partial charge in [0.25, 0.3) is 0 Å². The van der Waals surface area contributed by atoms with Gasteiger partial charge in [-0.15, -0.1) is 5.10 Å². The SMILES string of the molecule is Cc1ccc(OCC2CCN(Cc3cc(C)on3)CC2)nn1. The van der Waals surface area contributed by atoms with Gasteiger partial charge in [0.2, 0.25) is 5.88 Å². The van der Waals surface area contributed by atoms with Crippen LogP contribution in [0.4, 0.5) is 0 Å². The van der Waals surface area contributed by atoms with Crippen molar-refractivity contribution in [1.82, 2.24) is 20.3 Å². The molecule has 0 saturated carbocycles. The van der Waals surface area contributed by atoms with E-state index in [1.165, 1.54) is 0 Å². The van der Waals surface area contributed by atoms with E-state index in [0.29, 0.717) is 18.4 Å². The highest BCUT2D eigenvalue weighted by molar-refractivity contribution is 5.10. The summed E-state index contributed by atoms with van der Waals surface area (Å²) in [6, 6.07) is 5.81. The first-order valence-corrected chi connectivity index (χ1v) is 7.77. The molecule has 0 aliphatic carbocycles. The van der Waals surface area contributed by atoms with Crippen molar-refractivity contribution >= 4 is 0 Å². The van der Waals surface area contributed by atoms with Crippen LogP contribution in [0.2, 0.25) is 0 Å². The first-order valence-electron chi connectivity index (χ1n) is 7.77. The van der Waals surface area contributed by atoms with Crippen molar-refractivity contribution in [1.29, 1.82) is 0 Å². The largest absolute Gasteiger partial charge is 0.476 e. The summed E-state index contributed by atoms with van der Waals surface area (Å²) in [4.78, 5) is 2.42. The predicted molar refractivity (Wildman–Crippen MR) is 81.5 cm³/mol. The van der Waals surface area contributed by atoms with Gasteiger partial charge in [-0.05, 0) is 51.8 Å². The summed E-state index contributed by atoms with van der Waals surface area (Å²) >= 11 is 0. The maximum absolute atomic E-state index is 5.74. The van der Waals surface area contributed by atoms with Gasteiger partial charge in [-0.25, -0.2) is 0 Å². The minimum atomic E-state index is 0.582. The van der Waals surface area contributed by atoms with E-state index in [9.17, 15) is 0 Å². The van der Waals surface area contributed by atoms with E-state index in [1.807, 2.05) is 32.0 Å². The number of hydrogen-bond acceptors (Lipinski definition) is 6. The average Bonchev–Trinajstić information content (AvgIpc) is 2.93. The Labute approximate surface area is 130 Å². The molecule has 1 aliphatic rings. The van der Waals surface area contributed by atoms with Crippen LogP contribution in [0.5, 0.6) is 5.88 Å². The number of likely N-dealkylation sites (tertiary alicyclic amines) is 1. The summed E-state index contributed by atoms with van der Waals surface area (Å²) < 4.78 is 10.9. The Morgan fingerprint density at radius 3 is 2.68 bits per heavy atom. The molecule has 0 amide bonds. The second-order valence-electron chi connectivity index (χ2n) is 5.97. The average molecular weight is 302 g/mol. The second kappa shape index (κ2) is 6.87. The highest BCUT2D eigenvalue weighted by atomic mass is 16.5. The van der Waals surface area contributed by atoms with Crippen LogP contribution in [0.3, 0.4) is 0 Å². The molecule has 1 saturated heterocycles. The van der Waals surface area contributed by atoms with Gasteiger partial charge in [0.05, 0.1) is 18.0 Å².